The highest BCUT2D eigenvalue weighted by Crippen LogP contribution is 2.22. The molecule has 1 aromatic rings. The van der Waals surface area contributed by atoms with Crippen LogP contribution in [0.1, 0.15) is 44.1 Å². The van der Waals surface area contributed by atoms with Crippen molar-refractivity contribution in [1.29, 1.82) is 0 Å². The van der Waals surface area contributed by atoms with Crippen LogP contribution in [0.2, 0.25) is 0 Å². The lowest BCUT2D eigenvalue weighted by Gasteiger charge is -2.10. The fourth-order valence-corrected chi connectivity index (χ4v) is 2.79. The first kappa shape index (κ1) is 16.4. The molecule has 21 heavy (non-hydrogen) atoms. The van der Waals surface area contributed by atoms with Gasteiger partial charge in [0, 0.05) is 0 Å². The van der Waals surface area contributed by atoms with Crippen LogP contribution in [-0.2, 0) is 11.3 Å². The van der Waals surface area contributed by atoms with E-state index < -0.39 is 0 Å². The first-order chi connectivity index (χ1) is 10.1. The van der Waals surface area contributed by atoms with Crippen LogP contribution < -0.4 is 0 Å². The summed E-state index contributed by atoms with van der Waals surface area (Å²) >= 11 is 0. The van der Waals surface area contributed by atoms with E-state index in [1.807, 2.05) is 18.2 Å². The summed E-state index contributed by atoms with van der Waals surface area (Å²) in [4.78, 5) is 0. The molecule has 3 N–H and O–H groups in total. The van der Waals surface area contributed by atoms with Crippen molar-refractivity contribution in [2.75, 3.05) is 0 Å². The third-order valence-electron chi connectivity index (χ3n) is 4.06. The summed E-state index contributed by atoms with van der Waals surface area (Å²) < 4.78 is 5.70. The SMILES string of the molecule is OC1CCC(O)C1.OC1CCC(OCc2ccccc2)C1. The van der Waals surface area contributed by atoms with Crippen molar-refractivity contribution < 1.29 is 20.1 Å². The quantitative estimate of drug-likeness (QED) is 0.797. The van der Waals surface area contributed by atoms with Gasteiger partial charge in [0.15, 0.2) is 0 Å². The highest BCUT2D eigenvalue weighted by Gasteiger charge is 2.23. The maximum absolute atomic E-state index is 9.32. The zero-order valence-corrected chi connectivity index (χ0v) is 12.4. The van der Waals surface area contributed by atoms with Gasteiger partial charge in [-0.1, -0.05) is 30.3 Å². The molecular weight excluding hydrogens is 268 g/mol. The van der Waals surface area contributed by atoms with Crippen LogP contribution in [-0.4, -0.2) is 39.7 Å². The molecule has 2 saturated carbocycles. The fourth-order valence-electron chi connectivity index (χ4n) is 2.79. The molecule has 4 unspecified atom stereocenters. The Morgan fingerprint density at radius 1 is 0.810 bits per heavy atom. The minimum Gasteiger partial charge on any atom is -0.393 e. The number of ether oxygens (including phenoxy) is 1. The maximum Gasteiger partial charge on any atom is 0.0720 e. The van der Waals surface area contributed by atoms with Crippen LogP contribution in [0.3, 0.4) is 0 Å². The maximum atomic E-state index is 9.32. The third kappa shape index (κ3) is 6.14. The Labute approximate surface area is 126 Å². The van der Waals surface area contributed by atoms with Crippen LogP contribution in [0.5, 0.6) is 0 Å². The Kier molecular flexibility index (Phi) is 6.64. The highest BCUT2D eigenvalue weighted by molar-refractivity contribution is 5.13. The largest absolute Gasteiger partial charge is 0.393 e. The molecule has 0 bridgehead atoms. The summed E-state index contributed by atoms with van der Waals surface area (Å²) in [6.45, 7) is 0.665. The molecule has 0 heterocycles. The van der Waals surface area contributed by atoms with Crippen molar-refractivity contribution >= 4 is 0 Å². The lowest BCUT2D eigenvalue weighted by Crippen LogP contribution is -2.09. The Balaban J connectivity index is 0.000000194. The summed E-state index contributed by atoms with van der Waals surface area (Å²) in [6.07, 6.45) is 4.48. The summed E-state index contributed by atoms with van der Waals surface area (Å²) in [5.74, 6) is 0. The molecule has 0 saturated heterocycles. The van der Waals surface area contributed by atoms with Crippen molar-refractivity contribution in [3.63, 3.8) is 0 Å². The van der Waals surface area contributed by atoms with Crippen LogP contribution >= 0.6 is 0 Å². The van der Waals surface area contributed by atoms with Crippen LogP contribution in [0.4, 0.5) is 0 Å². The minimum absolute atomic E-state index is 0.143. The first-order valence-electron chi connectivity index (χ1n) is 7.83. The molecule has 4 atom stereocenters. The number of hydrogen-bond donors (Lipinski definition) is 3. The molecule has 4 nitrogen and oxygen atoms in total. The van der Waals surface area contributed by atoms with Crippen molar-refractivity contribution in [2.24, 2.45) is 0 Å². The van der Waals surface area contributed by atoms with Crippen molar-refractivity contribution in [1.82, 2.24) is 0 Å². The summed E-state index contributed by atoms with van der Waals surface area (Å²) in [6, 6.07) is 10.2. The topological polar surface area (TPSA) is 69.9 Å². The monoisotopic (exact) mass is 294 g/mol. The van der Waals surface area contributed by atoms with Crippen molar-refractivity contribution in [3.8, 4) is 0 Å². The standard InChI is InChI=1S/C12H16O2.C5H10O2/c13-11-6-7-12(8-11)14-9-10-4-2-1-3-5-10;6-4-1-2-5(7)3-4/h1-5,11-13H,6-9H2;4-7H,1-3H2. The van der Waals surface area contributed by atoms with Gasteiger partial charge in [-0.25, -0.2) is 0 Å². The van der Waals surface area contributed by atoms with Gasteiger partial charge in [0.25, 0.3) is 0 Å². The molecule has 0 amide bonds. The predicted molar refractivity (Wildman–Crippen MR) is 80.7 cm³/mol. The Hall–Kier alpha value is -0.940. The highest BCUT2D eigenvalue weighted by atomic mass is 16.5. The smallest absolute Gasteiger partial charge is 0.0720 e. The molecule has 1 aromatic carbocycles. The lowest BCUT2D eigenvalue weighted by atomic mass is 10.2. The van der Waals surface area contributed by atoms with E-state index in [-0.39, 0.29) is 24.4 Å². The van der Waals surface area contributed by atoms with E-state index in [0.29, 0.717) is 13.0 Å². The van der Waals surface area contributed by atoms with E-state index in [4.69, 9.17) is 14.9 Å². The minimum atomic E-state index is -0.227. The molecule has 118 valence electrons. The van der Waals surface area contributed by atoms with Crippen LogP contribution in [0.15, 0.2) is 30.3 Å². The van der Waals surface area contributed by atoms with Gasteiger partial charge < -0.3 is 20.1 Å². The second kappa shape index (κ2) is 8.49. The van der Waals surface area contributed by atoms with Gasteiger partial charge in [-0.05, 0) is 44.1 Å². The van der Waals surface area contributed by atoms with E-state index in [1.165, 1.54) is 5.56 Å². The molecule has 0 aliphatic heterocycles. The normalized spacial score (nSPS) is 31.8. The molecule has 2 aliphatic rings. The molecule has 0 spiro atoms. The zero-order chi connectivity index (χ0) is 15.1. The van der Waals surface area contributed by atoms with Crippen molar-refractivity contribution in [2.45, 2.75) is 69.5 Å². The van der Waals surface area contributed by atoms with E-state index in [2.05, 4.69) is 12.1 Å². The van der Waals surface area contributed by atoms with Gasteiger partial charge in [-0.3, -0.25) is 0 Å². The van der Waals surface area contributed by atoms with E-state index in [9.17, 15) is 5.11 Å². The average Bonchev–Trinajstić information content (AvgIpc) is 3.07. The Morgan fingerprint density at radius 3 is 1.86 bits per heavy atom. The van der Waals surface area contributed by atoms with Gasteiger partial charge in [0.05, 0.1) is 31.0 Å². The molecule has 2 fully saturated rings. The molecule has 0 radical (unpaired) electrons. The van der Waals surface area contributed by atoms with Crippen LogP contribution in [0, 0.1) is 0 Å². The molecular formula is C17H26O4. The average molecular weight is 294 g/mol. The van der Waals surface area contributed by atoms with Crippen molar-refractivity contribution in [3.05, 3.63) is 35.9 Å². The number of hydrogen-bond acceptors (Lipinski definition) is 4. The van der Waals surface area contributed by atoms with Gasteiger partial charge >= 0.3 is 0 Å². The van der Waals surface area contributed by atoms with E-state index >= 15 is 0 Å². The second-order valence-electron chi connectivity index (χ2n) is 6.01. The molecule has 4 heteroatoms. The van der Waals surface area contributed by atoms with Gasteiger partial charge in [-0.15, -0.1) is 0 Å². The Morgan fingerprint density at radius 2 is 1.38 bits per heavy atom. The zero-order valence-electron chi connectivity index (χ0n) is 12.4. The molecule has 3 rings (SSSR count). The molecule has 0 aromatic heterocycles. The first-order valence-corrected chi connectivity index (χ1v) is 7.83. The predicted octanol–water partition coefficient (Wildman–Crippen LogP) is 2.01. The van der Waals surface area contributed by atoms with Gasteiger partial charge in [-0.2, -0.15) is 0 Å². The summed E-state index contributed by atoms with van der Waals surface area (Å²) in [7, 11) is 0. The van der Waals surface area contributed by atoms with E-state index in [1.54, 1.807) is 0 Å². The van der Waals surface area contributed by atoms with Gasteiger partial charge in [0.1, 0.15) is 0 Å². The summed E-state index contributed by atoms with van der Waals surface area (Å²) in [5, 5.41) is 26.8. The Bertz CT molecular complexity index is 387. The van der Waals surface area contributed by atoms with Gasteiger partial charge in [0.2, 0.25) is 0 Å². The number of benzene rings is 1. The number of aliphatic hydroxyl groups excluding tert-OH is 3. The number of rotatable bonds is 3. The third-order valence-corrected chi connectivity index (χ3v) is 4.06. The van der Waals surface area contributed by atoms with E-state index in [0.717, 1.165) is 32.1 Å². The second-order valence-corrected chi connectivity index (χ2v) is 6.01. The molecule has 2 aliphatic carbocycles. The van der Waals surface area contributed by atoms with Crippen LogP contribution in [0.25, 0.3) is 0 Å². The summed E-state index contributed by atoms with van der Waals surface area (Å²) in [5.41, 5.74) is 1.20. The fraction of sp³-hybridized carbons (Fsp3) is 0.647. The lowest BCUT2D eigenvalue weighted by molar-refractivity contribution is 0.0357. The number of aliphatic hydroxyl groups is 3.